The maximum absolute atomic E-state index is 5.21. The number of likely N-dealkylation sites (tertiary alicyclic amines) is 1. The molecule has 1 atom stereocenters. The molecule has 1 unspecified atom stereocenters. The molecule has 1 heterocycles. The molecule has 0 aromatic heterocycles. The first kappa shape index (κ1) is 11.9. The minimum atomic E-state index is 0.600. The lowest BCUT2D eigenvalue weighted by atomic mass is 10.0. The fourth-order valence-electron chi connectivity index (χ4n) is 3.10. The van der Waals surface area contributed by atoms with Gasteiger partial charge >= 0.3 is 0 Å². The first-order chi connectivity index (χ1) is 8.31. The van der Waals surface area contributed by atoms with Gasteiger partial charge in [-0.15, -0.1) is 0 Å². The minimum Gasteiger partial charge on any atom is -0.385 e. The van der Waals surface area contributed by atoms with Crippen molar-refractivity contribution in [3.63, 3.8) is 0 Å². The molecule has 0 spiro atoms. The van der Waals surface area contributed by atoms with Crippen LogP contribution in [-0.2, 0) is 4.74 Å². The largest absolute Gasteiger partial charge is 0.385 e. The summed E-state index contributed by atoms with van der Waals surface area (Å²) in [7, 11) is 1.81. The molecule has 1 saturated heterocycles. The zero-order valence-electron chi connectivity index (χ0n) is 11.1. The lowest BCUT2D eigenvalue weighted by Gasteiger charge is -2.20. The van der Waals surface area contributed by atoms with Crippen molar-refractivity contribution in [2.45, 2.75) is 50.6 Å². The molecular weight excluding hydrogens is 212 g/mol. The highest BCUT2D eigenvalue weighted by atomic mass is 16.5. The van der Waals surface area contributed by atoms with Crippen molar-refractivity contribution >= 4 is 0 Å². The van der Waals surface area contributed by atoms with Gasteiger partial charge in [0.25, 0.3) is 0 Å². The predicted molar refractivity (Wildman–Crippen MR) is 69.2 cm³/mol. The molecule has 3 nitrogen and oxygen atoms in total. The number of ether oxygens (including phenoxy) is 1. The second-order valence-corrected chi connectivity index (χ2v) is 6.34. The highest BCUT2D eigenvalue weighted by Crippen LogP contribution is 2.48. The molecule has 0 aromatic carbocycles. The Morgan fingerprint density at radius 2 is 2.12 bits per heavy atom. The monoisotopic (exact) mass is 238 g/mol. The third kappa shape index (κ3) is 3.01. The highest BCUT2D eigenvalue weighted by Gasteiger charge is 2.42. The van der Waals surface area contributed by atoms with E-state index < -0.39 is 0 Å². The Labute approximate surface area is 105 Å². The third-order valence-electron chi connectivity index (χ3n) is 4.84. The van der Waals surface area contributed by atoms with Crippen molar-refractivity contribution < 1.29 is 4.74 Å². The van der Waals surface area contributed by atoms with Crippen LogP contribution in [0.3, 0.4) is 0 Å². The summed E-state index contributed by atoms with van der Waals surface area (Å²) in [5, 5.41) is 3.81. The van der Waals surface area contributed by atoms with Gasteiger partial charge in [0.1, 0.15) is 0 Å². The molecule has 3 heteroatoms. The van der Waals surface area contributed by atoms with E-state index in [1.165, 1.54) is 58.2 Å². The molecule has 2 saturated carbocycles. The van der Waals surface area contributed by atoms with Crippen molar-refractivity contribution in [3.8, 4) is 0 Å². The SMILES string of the molecule is COCCC1(CNC2CCN(C3CC3)C2)CC1. The van der Waals surface area contributed by atoms with Crippen LogP contribution in [0, 0.1) is 5.41 Å². The van der Waals surface area contributed by atoms with Crippen LogP contribution in [0.2, 0.25) is 0 Å². The molecular formula is C14H26N2O. The Hall–Kier alpha value is -0.120. The van der Waals surface area contributed by atoms with E-state index in [-0.39, 0.29) is 0 Å². The first-order valence-corrected chi connectivity index (χ1v) is 7.28. The summed E-state index contributed by atoms with van der Waals surface area (Å²) in [6.07, 6.45) is 8.31. The summed E-state index contributed by atoms with van der Waals surface area (Å²) < 4.78 is 5.21. The predicted octanol–water partition coefficient (Wildman–Crippen LogP) is 1.63. The Bertz CT molecular complexity index is 261. The van der Waals surface area contributed by atoms with Gasteiger partial charge in [0, 0.05) is 45.4 Å². The Morgan fingerprint density at radius 3 is 2.76 bits per heavy atom. The molecule has 0 amide bonds. The fourth-order valence-corrected chi connectivity index (χ4v) is 3.10. The second-order valence-electron chi connectivity index (χ2n) is 6.34. The topological polar surface area (TPSA) is 24.5 Å². The maximum atomic E-state index is 5.21. The molecule has 0 bridgehead atoms. The maximum Gasteiger partial charge on any atom is 0.0468 e. The molecule has 2 aliphatic carbocycles. The average Bonchev–Trinajstić information content (AvgIpc) is 3.26. The number of nitrogens with zero attached hydrogens (tertiary/aromatic N) is 1. The van der Waals surface area contributed by atoms with Crippen molar-refractivity contribution in [1.29, 1.82) is 0 Å². The van der Waals surface area contributed by atoms with Crippen LogP contribution in [0.5, 0.6) is 0 Å². The van der Waals surface area contributed by atoms with Gasteiger partial charge < -0.3 is 10.1 Å². The van der Waals surface area contributed by atoms with Gasteiger partial charge in [-0.25, -0.2) is 0 Å². The molecule has 1 N–H and O–H groups in total. The van der Waals surface area contributed by atoms with Crippen LogP contribution in [0.1, 0.15) is 38.5 Å². The average molecular weight is 238 g/mol. The highest BCUT2D eigenvalue weighted by molar-refractivity contribution is 4.97. The van der Waals surface area contributed by atoms with Crippen molar-refractivity contribution in [3.05, 3.63) is 0 Å². The van der Waals surface area contributed by atoms with E-state index in [1.807, 2.05) is 7.11 Å². The number of methoxy groups -OCH3 is 1. The van der Waals surface area contributed by atoms with Crippen LogP contribution >= 0.6 is 0 Å². The van der Waals surface area contributed by atoms with Gasteiger partial charge in [0.15, 0.2) is 0 Å². The third-order valence-corrected chi connectivity index (χ3v) is 4.84. The molecule has 3 fully saturated rings. The Kier molecular flexibility index (Phi) is 3.42. The summed E-state index contributed by atoms with van der Waals surface area (Å²) in [5.74, 6) is 0. The van der Waals surface area contributed by atoms with E-state index in [1.54, 1.807) is 0 Å². The normalized spacial score (nSPS) is 31.9. The second kappa shape index (κ2) is 4.87. The summed E-state index contributed by atoms with van der Waals surface area (Å²) in [6, 6.07) is 1.71. The summed E-state index contributed by atoms with van der Waals surface area (Å²) in [6.45, 7) is 4.78. The number of hydrogen-bond acceptors (Lipinski definition) is 3. The fraction of sp³-hybridized carbons (Fsp3) is 1.00. The van der Waals surface area contributed by atoms with Crippen molar-refractivity contribution in [2.75, 3.05) is 33.4 Å². The van der Waals surface area contributed by atoms with E-state index in [0.717, 1.165) is 18.7 Å². The molecule has 17 heavy (non-hydrogen) atoms. The number of rotatable bonds is 7. The first-order valence-electron chi connectivity index (χ1n) is 7.28. The van der Waals surface area contributed by atoms with Crippen LogP contribution < -0.4 is 5.32 Å². The standard InChI is InChI=1S/C14H26N2O/c1-17-9-7-14(5-6-14)11-15-12-4-8-16(10-12)13-2-3-13/h12-13,15H,2-11H2,1H3. The quantitative estimate of drug-likeness (QED) is 0.729. The Balaban J connectivity index is 1.37. The van der Waals surface area contributed by atoms with E-state index in [2.05, 4.69) is 10.2 Å². The zero-order chi connectivity index (χ0) is 11.7. The smallest absolute Gasteiger partial charge is 0.0468 e. The molecule has 0 aromatic rings. The lowest BCUT2D eigenvalue weighted by molar-refractivity contribution is 0.170. The molecule has 3 rings (SSSR count). The molecule has 3 aliphatic rings. The molecule has 1 aliphatic heterocycles. The van der Waals surface area contributed by atoms with Gasteiger partial charge in [-0.1, -0.05) is 0 Å². The van der Waals surface area contributed by atoms with Crippen LogP contribution in [0.15, 0.2) is 0 Å². The van der Waals surface area contributed by atoms with Crippen molar-refractivity contribution in [1.82, 2.24) is 10.2 Å². The molecule has 0 radical (unpaired) electrons. The van der Waals surface area contributed by atoms with E-state index in [0.29, 0.717) is 5.41 Å². The van der Waals surface area contributed by atoms with Gasteiger partial charge in [-0.3, -0.25) is 4.90 Å². The van der Waals surface area contributed by atoms with Gasteiger partial charge in [-0.05, 0) is 43.9 Å². The zero-order valence-corrected chi connectivity index (χ0v) is 11.1. The summed E-state index contributed by atoms with van der Waals surface area (Å²) in [4.78, 5) is 2.69. The van der Waals surface area contributed by atoms with Crippen LogP contribution in [-0.4, -0.2) is 50.3 Å². The summed E-state index contributed by atoms with van der Waals surface area (Å²) in [5.41, 5.74) is 0.600. The lowest BCUT2D eigenvalue weighted by Crippen LogP contribution is -2.37. The minimum absolute atomic E-state index is 0.600. The van der Waals surface area contributed by atoms with E-state index in [9.17, 15) is 0 Å². The van der Waals surface area contributed by atoms with Crippen molar-refractivity contribution in [2.24, 2.45) is 5.41 Å². The summed E-state index contributed by atoms with van der Waals surface area (Å²) >= 11 is 0. The number of hydrogen-bond donors (Lipinski definition) is 1. The number of nitrogens with one attached hydrogen (secondary N) is 1. The van der Waals surface area contributed by atoms with Gasteiger partial charge in [0.2, 0.25) is 0 Å². The van der Waals surface area contributed by atoms with Gasteiger partial charge in [-0.2, -0.15) is 0 Å². The molecule has 98 valence electrons. The van der Waals surface area contributed by atoms with E-state index in [4.69, 9.17) is 4.74 Å². The van der Waals surface area contributed by atoms with Crippen LogP contribution in [0.25, 0.3) is 0 Å². The Morgan fingerprint density at radius 1 is 1.29 bits per heavy atom. The van der Waals surface area contributed by atoms with Gasteiger partial charge in [0.05, 0.1) is 0 Å². The van der Waals surface area contributed by atoms with Crippen LogP contribution in [0.4, 0.5) is 0 Å². The van der Waals surface area contributed by atoms with E-state index >= 15 is 0 Å².